The minimum Gasteiger partial charge on any atom is -0.497 e. The van der Waals surface area contributed by atoms with Crippen molar-refractivity contribution in [2.24, 2.45) is 0 Å². The summed E-state index contributed by atoms with van der Waals surface area (Å²) in [5.41, 5.74) is 5.46. The van der Waals surface area contributed by atoms with Gasteiger partial charge in [-0.15, -0.1) is 0 Å². The second-order valence-corrected chi connectivity index (χ2v) is 15.8. The zero-order chi connectivity index (χ0) is 32.7. The van der Waals surface area contributed by atoms with Gasteiger partial charge in [0.05, 0.1) is 13.2 Å². The first kappa shape index (κ1) is 33.0. The van der Waals surface area contributed by atoms with Gasteiger partial charge in [-0.3, -0.25) is 0 Å². The molecular formula is C39H50N2O3. The molecule has 0 saturated heterocycles. The quantitative estimate of drug-likeness (QED) is 0.222. The minimum atomic E-state index is -0.0452. The normalized spacial score (nSPS) is 12.7. The number of hydrogen-bond donors (Lipinski definition) is 0. The van der Waals surface area contributed by atoms with Crippen molar-refractivity contribution in [2.75, 3.05) is 7.11 Å². The number of nitrogens with zero attached hydrogens (tertiary/aromatic N) is 2. The van der Waals surface area contributed by atoms with E-state index in [-0.39, 0.29) is 21.7 Å². The molecule has 1 aromatic heterocycles. The molecule has 0 aliphatic heterocycles. The van der Waals surface area contributed by atoms with Gasteiger partial charge in [-0.1, -0.05) is 95.2 Å². The maximum Gasteiger partial charge on any atom is 0.226 e. The van der Waals surface area contributed by atoms with E-state index in [2.05, 4.69) is 119 Å². The average Bonchev–Trinajstić information content (AvgIpc) is 2.90. The third kappa shape index (κ3) is 8.19. The molecule has 0 amide bonds. The van der Waals surface area contributed by atoms with Crippen LogP contribution in [0.15, 0.2) is 66.7 Å². The molecule has 5 heteroatoms. The molecule has 5 nitrogen and oxygen atoms in total. The summed E-state index contributed by atoms with van der Waals surface area (Å²) < 4.78 is 18.4. The van der Waals surface area contributed by atoms with E-state index in [0.29, 0.717) is 17.6 Å². The lowest BCUT2D eigenvalue weighted by molar-refractivity contribution is 0.415. The van der Waals surface area contributed by atoms with Gasteiger partial charge in [0.1, 0.15) is 17.2 Å². The van der Waals surface area contributed by atoms with Crippen LogP contribution >= 0.6 is 0 Å². The lowest BCUT2D eigenvalue weighted by atomic mass is 9.80. The fourth-order valence-corrected chi connectivity index (χ4v) is 4.67. The van der Waals surface area contributed by atoms with Crippen LogP contribution in [0.25, 0.3) is 11.4 Å². The molecule has 0 radical (unpaired) electrons. The summed E-state index contributed by atoms with van der Waals surface area (Å²) in [6.07, 6.45) is 0. The summed E-state index contributed by atoms with van der Waals surface area (Å²) in [6.45, 7) is 26.6. The molecule has 0 atom stereocenters. The van der Waals surface area contributed by atoms with Crippen LogP contribution in [-0.4, -0.2) is 17.1 Å². The summed E-state index contributed by atoms with van der Waals surface area (Å²) in [7, 11) is 1.65. The fraction of sp³-hybridized carbons (Fsp3) is 0.436. The highest BCUT2D eigenvalue weighted by atomic mass is 16.5. The molecule has 4 rings (SSSR count). The topological polar surface area (TPSA) is 53.5 Å². The molecule has 0 saturated carbocycles. The molecule has 3 aromatic carbocycles. The molecule has 0 aliphatic carbocycles. The van der Waals surface area contributed by atoms with Crippen molar-refractivity contribution in [2.45, 2.75) is 105 Å². The Morgan fingerprint density at radius 3 is 1.07 bits per heavy atom. The first-order chi connectivity index (χ1) is 20.2. The van der Waals surface area contributed by atoms with Gasteiger partial charge in [0.25, 0.3) is 0 Å². The van der Waals surface area contributed by atoms with Gasteiger partial charge in [0.2, 0.25) is 11.8 Å². The SMILES string of the molecule is COc1ccc(-c2nc(Oc3cc(C(C)(C)C)cc(C(C)(C)C)c3)cc(Oc3cc(C(C)(C)C)cc(C(C)(C)C)c3)n2)cc1. The molecule has 0 bridgehead atoms. The zero-order valence-corrected chi connectivity index (χ0v) is 29.0. The third-order valence-electron chi connectivity index (χ3n) is 7.75. The first-order valence-electron chi connectivity index (χ1n) is 15.4. The van der Waals surface area contributed by atoms with Gasteiger partial charge < -0.3 is 14.2 Å². The summed E-state index contributed by atoms with van der Waals surface area (Å²) in [5, 5.41) is 0. The van der Waals surface area contributed by atoms with Crippen molar-refractivity contribution >= 4 is 0 Å². The lowest BCUT2D eigenvalue weighted by Crippen LogP contribution is -2.16. The van der Waals surface area contributed by atoms with Crippen molar-refractivity contribution in [3.63, 3.8) is 0 Å². The van der Waals surface area contributed by atoms with Crippen molar-refractivity contribution in [3.8, 4) is 40.4 Å². The standard InChI is InChI=1S/C39H50N2O3/c1-36(2,3)26-18-27(37(4,5)6)21-31(20-26)43-33-24-34(41-35(40-33)25-14-16-30(42-13)17-15-25)44-32-22-28(38(7,8)9)19-29(23-32)39(10,11)12/h14-24H,1-13H3. The monoisotopic (exact) mass is 594 g/mol. The minimum absolute atomic E-state index is 0.0452. The fourth-order valence-electron chi connectivity index (χ4n) is 4.67. The van der Waals surface area contributed by atoms with Gasteiger partial charge in [-0.05, 0) is 92.4 Å². The number of rotatable bonds is 6. The Kier molecular flexibility index (Phi) is 8.94. The highest BCUT2D eigenvalue weighted by Crippen LogP contribution is 2.38. The molecule has 0 fully saturated rings. The molecule has 234 valence electrons. The summed E-state index contributed by atoms with van der Waals surface area (Å²) in [5.74, 6) is 3.56. The second kappa shape index (κ2) is 11.9. The van der Waals surface area contributed by atoms with E-state index in [4.69, 9.17) is 24.2 Å². The average molecular weight is 595 g/mol. The Balaban J connectivity index is 1.84. The van der Waals surface area contributed by atoms with E-state index in [1.54, 1.807) is 13.2 Å². The van der Waals surface area contributed by atoms with Crippen LogP contribution < -0.4 is 14.2 Å². The zero-order valence-electron chi connectivity index (χ0n) is 29.0. The van der Waals surface area contributed by atoms with Crippen molar-refractivity contribution in [1.29, 1.82) is 0 Å². The number of hydrogen-bond acceptors (Lipinski definition) is 5. The highest BCUT2D eigenvalue weighted by Gasteiger charge is 2.23. The Morgan fingerprint density at radius 1 is 0.432 bits per heavy atom. The third-order valence-corrected chi connectivity index (χ3v) is 7.75. The smallest absolute Gasteiger partial charge is 0.226 e. The van der Waals surface area contributed by atoms with Crippen LogP contribution in [0.1, 0.15) is 105 Å². The van der Waals surface area contributed by atoms with E-state index < -0.39 is 0 Å². The Hall–Kier alpha value is -3.86. The Bertz CT molecular complexity index is 1450. The molecule has 0 spiro atoms. The van der Waals surface area contributed by atoms with Crippen LogP contribution in [-0.2, 0) is 21.7 Å². The van der Waals surface area contributed by atoms with Gasteiger partial charge in [0, 0.05) is 5.56 Å². The molecule has 0 N–H and O–H groups in total. The maximum atomic E-state index is 6.54. The maximum absolute atomic E-state index is 6.54. The lowest BCUT2D eigenvalue weighted by Gasteiger charge is -2.26. The largest absolute Gasteiger partial charge is 0.497 e. The van der Waals surface area contributed by atoms with E-state index in [9.17, 15) is 0 Å². The summed E-state index contributed by atoms with van der Waals surface area (Å²) in [4.78, 5) is 9.68. The van der Waals surface area contributed by atoms with E-state index in [1.807, 2.05) is 24.3 Å². The van der Waals surface area contributed by atoms with Gasteiger partial charge >= 0.3 is 0 Å². The first-order valence-corrected chi connectivity index (χ1v) is 15.4. The predicted molar refractivity (Wildman–Crippen MR) is 182 cm³/mol. The van der Waals surface area contributed by atoms with Crippen molar-refractivity contribution in [3.05, 3.63) is 89.0 Å². The van der Waals surface area contributed by atoms with Crippen LogP contribution in [0.2, 0.25) is 0 Å². The number of benzene rings is 3. The Morgan fingerprint density at radius 2 is 0.773 bits per heavy atom. The number of aromatic nitrogens is 2. The molecule has 44 heavy (non-hydrogen) atoms. The number of ether oxygens (including phenoxy) is 3. The predicted octanol–water partition coefficient (Wildman–Crippen LogP) is 10.9. The van der Waals surface area contributed by atoms with E-state index in [0.717, 1.165) is 22.8 Å². The second-order valence-electron chi connectivity index (χ2n) is 15.8. The number of methoxy groups -OCH3 is 1. The molecule has 0 aliphatic rings. The van der Waals surface area contributed by atoms with Gasteiger partial charge in [0.15, 0.2) is 5.82 Å². The van der Waals surface area contributed by atoms with Crippen LogP contribution in [0, 0.1) is 0 Å². The van der Waals surface area contributed by atoms with Crippen molar-refractivity contribution < 1.29 is 14.2 Å². The van der Waals surface area contributed by atoms with Gasteiger partial charge in [-0.25, -0.2) is 0 Å². The van der Waals surface area contributed by atoms with Crippen molar-refractivity contribution in [1.82, 2.24) is 9.97 Å². The molecule has 0 unspecified atom stereocenters. The Labute approximate surface area is 265 Å². The molecule has 1 heterocycles. The summed E-state index contributed by atoms with van der Waals surface area (Å²) in [6, 6.07) is 22.4. The molecule has 4 aromatic rings. The molecular weight excluding hydrogens is 544 g/mol. The van der Waals surface area contributed by atoms with E-state index >= 15 is 0 Å². The van der Waals surface area contributed by atoms with Crippen LogP contribution in [0.3, 0.4) is 0 Å². The van der Waals surface area contributed by atoms with Gasteiger partial charge in [-0.2, -0.15) is 9.97 Å². The summed E-state index contributed by atoms with van der Waals surface area (Å²) >= 11 is 0. The van der Waals surface area contributed by atoms with Crippen LogP contribution in [0.4, 0.5) is 0 Å². The van der Waals surface area contributed by atoms with Crippen LogP contribution in [0.5, 0.6) is 29.0 Å². The highest BCUT2D eigenvalue weighted by molar-refractivity contribution is 5.58. The van der Waals surface area contributed by atoms with E-state index in [1.165, 1.54) is 22.3 Å².